The molecule has 8 heteroatoms. The Kier molecular flexibility index (Phi) is 11.8. The molecule has 0 unspecified atom stereocenters. The molecule has 130 valence electrons. The Morgan fingerprint density at radius 2 is 0.917 bits per heavy atom. The van der Waals surface area contributed by atoms with Gasteiger partial charge in [0, 0.05) is 12.1 Å². The van der Waals surface area contributed by atoms with Crippen molar-refractivity contribution in [3.63, 3.8) is 0 Å². The van der Waals surface area contributed by atoms with E-state index in [1.165, 1.54) is 0 Å². The maximum atomic E-state index is 6.28. The third-order valence-electron chi connectivity index (χ3n) is 3.80. The molecule has 0 aliphatic carbocycles. The Morgan fingerprint density at radius 1 is 0.625 bits per heavy atom. The van der Waals surface area contributed by atoms with Crippen LogP contribution in [0.3, 0.4) is 0 Å². The van der Waals surface area contributed by atoms with E-state index < -0.39 is 23.0 Å². The van der Waals surface area contributed by atoms with E-state index in [1.807, 2.05) is 0 Å². The number of hydrogen-bond donors (Lipinski definition) is 0. The van der Waals surface area contributed by atoms with Gasteiger partial charge >= 0.3 is 17.6 Å². The van der Waals surface area contributed by atoms with Crippen LogP contribution in [0, 0.1) is 61.9 Å². The SMILES string of the molecule is [CH]CC([CH])(CCC[Si](O[CH])(O[CH])O[CH])CCC[Si](O[CH])(O[CH])O[CH]. The highest BCUT2D eigenvalue weighted by Gasteiger charge is 2.40. The minimum absolute atomic E-state index is 0.225. The minimum Gasteiger partial charge on any atom is -0.365 e. The van der Waals surface area contributed by atoms with Crippen molar-refractivity contribution in [3.8, 4) is 0 Å². The summed E-state index contributed by atoms with van der Waals surface area (Å²) in [5.41, 5.74) is -0.685. The second-order valence-corrected chi connectivity index (χ2v) is 10.5. The molecule has 0 aliphatic rings. The Hall–Kier alpha value is 0.194. The quantitative estimate of drug-likeness (QED) is 0.414. The van der Waals surface area contributed by atoms with Gasteiger partial charge in [0.1, 0.15) is 42.7 Å². The van der Waals surface area contributed by atoms with Crippen LogP contribution in [-0.4, -0.2) is 17.6 Å². The highest BCUT2D eigenvalue weighted by atomic mass is 28.4. The lowest BCUT2D eigenvalue weighted by Crippen LogP contribution is -2.41. The van der Waals surface area contributed by atoms with Crippen LogP contribution in [0.25, 0.3) is 0 Å². The molecule has 0 saturated carbocycles. The van der Waals surface area contributed by atoms with Crippen molar-refractivity contribution in [1.82, 2.24) is 0 Å². The molecule has 0 amide bonds. The Bertz CT molecular complexity index is 279. The standard InChI is InChI=1S/C16H22O6Si2/c1-9-16(2,12-10-14-23(17-3,18-4)19-5)13-11-15-24(20-6,21-7)22-8/h1-8H,9-15H2. The summed E-state index contributed by atoms with van der Waals surface area (Å²) in [6.07, 6.45) is 2.28. The van der Waals surface area contributed by atoms with Gasteiger partial charge in [-0.2, -0.15) is 0 Å². The first-order chi connectivity index (χ1) is 11.3. The average Bonchev–Trinajstić information content (AvgIpc) is 2.63. The van der Waals surface area contributed by atoms with Gasteiger partial charge in [-0.25, -0.2) is 0 Å². The summed E-state index contributed by atoms with van der Waals surface area (Å²) < 4.78 is 27.8. The minimum atomic E-state index is -3.27. The van der Waals surface area contributed by atoms with Crippen LogP contribution >= 0.6 is 0 Å². The van der Waals surface area contributed by atoms with E-state index in [2.05, 4.69) is 26.6 Å². The molecule has 0 aromatic carbocycles. The third kappa shape index (κ3) is 7.21. The normalized spacial score (nSPS) is 13.5. The van der Waals surface area contributed by atoms with E-state index in [0.29, 0.717) is 25.7 Å². The maximum absolute atomic E-state index is 6.28. The molecule has 24 heavy (non-hydrogen) atoms. The van der Waals surface area contributed by atoms with E-state index >= 15 is 0 Å². The average molecular weight is 367 g/mol. The van der Waals surface area contributed by atoms with Crippen LogP contribution in [-0.2, 0) is 26.6 Å². The van der Waals surface area contributed by atoms with Crippen molar-refractivity contribution in [3.05, 3.63) is 56.5 Å². The molecule has 0 aromatic rings. The zero-order chi connectivity index (χ0) is 18.7. The first kappa shape index (κ1) is 24.2. The van der Waals surface area contributed by atoms with Gasteiger partial charge < -0.3 is 26.6 Å². The van der Waals surface area contributed by atoms with Gasteiger partial charge in [0.15, 0.2) is 0 Å². The summed E-state index contributed by atoms with van der Waals surface area (Å²) in [4.78, 5) is 0. The van der Waals surface area contributed by atoms with Crippen LogP contribution in [0.15, 0.2) is 0 Å². The number of hydrogen-bond acceptors (Lipinski definition) is 6. The van der Waals surface area contributed by atoms with Gasteiger partial charge in [0.25, 0.3) is 0 Å². The lowest BCUT2D eigenvalue weighted by Gasteiger charge is -2.31. The van der Waals surface area contributed by atoms with Crippen LogP contribution in [0.1, 0.15) is 32.1 Å². The molecular formula is C16H22O6Si2. The molecule has 0 aliphatic heterocycles. The van der Waals surface area contributed by atoms with Crippen molar-refractivity contribution in [1.29, 1.82) is 0 Å². The predicted octanol–water partition coefficient (Wildman–Crippen LogP) is 3.33. The largest absolute Gasteiger partial charge is 0.502 e. The van der Waals surface area contributed by atoms with Gasteiger partial charge in [-0.15, -0.1) is 0 Å². The summed E-state index contributed by atoms with van der Waals surface area (Å²) in [5.74, 6) is 0. The second kappa shape index (κ2) is 11.7. The summed E-state index contributed by atoms with van der Waals surface area (Å²) in [5, 5.41) is 0. The first-order valence-corrected chi connectivity index (χ1v) is 11.0. The van der Waals surface area contributed by atoms with Crippen molar-refractivity contribution in [2.75, 3.05) is 0 Å². The van der Waals surface area contributed by atoms with Crippen molar-refractivity contribution in [2.24, 2.45) is 5.41 Å². The van der Waals surface area contributed by atoms with Crippen LogP contribution < -0.4 is 0 Å². The summed E-state index contributed by atoms with van der Waals surface area (Å²) in [6, 6.07) is 0.551. The topological polar surface area (TPSA) is 55.4 Å². The Balaban J connectivity index is 4.49. The van der Waals surface area contributed by atoms with Crippen LogP contribution in [0.4, 0.5) is 0 Å². The maximum Gasteiger partial charge on any atom is 0.502 e. The molecule has 16 radical (unpaired) electrons. The molecule has 6 nitrogen and oxygen atoms in total. The van der Waals surface area contributed by atoms with Gasteiger partial charge in [0.05, 0.1) is 0 Å². The van der Waals surface area contributed by atoms with Crippen molar-refractivity contribution < 1.29 is 26.6 Å². The van der Waals surface area contributed by atoms with E-state index in [0.717, 1.165) is 0 Å². The fraction of sp³-hybridized carbons (Fsp3) is 0.500. The van der Waals surface area contributed by atoms with Crippen LogP contribution in [0.5, 0.6) is 0 Å². The smallest absolute Gasteiger partial charge is 0.365 e. The molecule has 0 fully saturated rings. The molecule has 0 saturated heterocycles. The van der Waals surface area contributed by atoms with Gasteiger partial charge in [0.2, 0.25) is 0 Å². The Labute approximate surface area is 150 Å². The highest BCUT2D eigenvalue weighted by molar-refractivity contribution is 6.61. The van der Waals surface area contributed by atoms with Crippen molar-refractivity contribution >= 4 is 17.6 Å². The van der Waals surface area contributed by atoms with E-state index in [4.69, 9.17) is 56.5 Å². The molecule has 0 atom stereocenters. The van der Waals surface area contributed by atoms with Gasteiger partial charge in [-0.3, -0.25) is 0 Å². The van der Waals surface area contributed by atoms with E-state index in [9.17, 15) is 0 Å². The monoisotopic (exact) mass is 366 g/mol. The number of rotatable bonds is 15. The lowest BCUT2D eigenvalue weighted by atomic mass is 9.79. The Morgan fingerprint density at radius 3 is 1.12 bits per heavy atom. The van der Waals surface area contributed by atoms with Gasteiger partial charge in [-0.05, 0) is 51.4 Å². The predicted molar refractivity (Wildman–Crippen MR) is 87.6 cm³/mol. The van der Waals surface area contributed by atoms with E-state index in [1.54, 1.807) is 0 Å². The molecule has 0 rings (SSSR count). The molecule has 0 heterocycles. The summed E-state index contributed by atoms with van der Waals surface area (Å²) in [7, 11) is 24.1. The molecule has 0 aromatic heterocycles. The molecular weight excluding hydrogens is 344 g/mol. The molecule has 0 bridgehead atoms. The zero-order valence-corrected chi connectivity index (χ0v) is 15.5. The summed E-state index contributed by atoms with van der Waals surface area (Å²) in [6.45, 7) is 12.0. The van der Waals surface area contributed by atoms with E-state index in [-0.39, 0.29) is 18.5 Å². The first-order valence-electron chi connectivity index (χ1n) is 7.10. The fourth-order valence-corrected chi connectivity index (χ4v) is 4.42. The summed E-state index contributed by atoms with van der Waals surface area (Å²) >= 11 is 0. The molecule has 0 spiro atoms. The van der Waals surface area contributed by atoms with Crippen LogP contribution in [0.2, 0.25) is 12.1 Å². The van der Waals surface area contributed by atoms with Crippen molar-refractivity contribution in [2.45, 2.75) is 44.2 Å². The fourth-order valence-electron chi connectivity index (χ4n) is 2.16. The molecule has 0 N–H and O–H groups in total. The zero-order valence-electron chi connectivity index (χ0n) is 13.5. The third-order valence-corrected chi connectivity index (χ3v) is 7.89. The highest BCUT2D eigenvalue weighted by Crippen LogP contribution is 2.36. The lowest BCUT2D eigenvalue weighted by molar-refractivity contribution is 0.165. The second-order valence-electron chi connectivity index (χ2n) is 5.35. The van der Waals surface area contributed by atoms with Gasteiger partial charge in [-0.1, -0.05) is 0 Å².